The van der Waals surface area contributed by atoms with Crippen LogP contribution in [0.3, 0.4) is 0 Å². The van der Waals surface area contributed by atoms with Crippen molar-refractivity contribution in [3.05, 3.63) is 75.4 Å². The fourth-order valence-corrected chi connectivity index (χ4v) is 3.35. The lowest BCUT2D eigenvalue weighted by Crippen LogP contribution is -2.13. The van der Waals surface area contributed by atoms with Gasteiger partial charge in [0.2, 0.25) is 11.7 Å². The highest BCUT2D eigenvalue weighted by Crippen LogP contribution is 2.23. The Morgan fingerprint density at radius 1 is 1.09 bits per heavy atom. The number of benzene rings is 2. The number of aryl methyl sites for hydroxylation is 1. The van der Waals surface area contributed by atoms with Gasteiger partial charge in [-0.2, -0.15) is 4.98 Å². The van der Waals surface area contributed by atoms with Crippen molar-refractivity contribution in [2.45, 2.75) is 26.4 Å². The van der Waals surface area contributed by atoms with Crippen molar-refractivity contribution in [3.63, 3.8) is 0 Å². The lowest BCUT2D eigenvalue weighted by molar-refractivity contribution is -0.145. The summed E-state index contributed by atoms with van der Waals surface area (Å²) in [5.74, 6) is 0.182. The zero-order valence-electron chi connectivity index (χ0n) is 18.6. The first-order valence-corrected chi connectivity index (χ1v) is 11.0. The highest BCUT2D eigenvalue weighted by atomic mass is 35.5. The number of hydrogen-bond acceptors (Lipinski definition) is 9. The summed E-state index contributed by atoms with van der Waals surface area (Å²) in [6.45, 7) is 1.78. The number of aromatic nitrogens is 2. The largest absolute Gasteiger partial charge is 0.461 e. The number of anilines is 1. The Morgan fingerprint density at radius 2 is 1.89 bits per heavy atom. The molecule has 0 spiro atoms. The summed E-state index contributed by atoms with van der Waals surface area (Å²) in [7, 11) is 0. The van der Waals surface area contributed by atoms with Gasteiger partial charge in [0.05, 0.1) is 13.0 Å². The molecule has 1 N–H and O–H groups in total. The van der Waals surface area contributed by atoms with Gasteiger partial charge in [0.15, 0.2) is 0 Å². The van der Waals surface area contributed by atoms with Gasteiger partial charge >= 0.3 is 17.7 Å². The summed E-state index contributed by atoms with van der Waals surface area (Å²) in [6.07, 6.45) is -0.421. The maximum absolute atomic E-state index is 12.3. The molecule has 2 heterocycles. The van der Waals surface area contributed by atoms with Crippen LogP contribution >= 0.6 is 11.6 Å². The smallest absolute Gasteiger partial charge is 0.411 e. The molecule has 0 radical (unpaired) electrons. The summed E-state index contributed by atoms with van der Waals surface area (Å²) in [5.41, 5.74) is 1.22. The first kappa shape index (κ1) is 24.0. The SMILES string of the molecule is CCOC(=O)Nc1ccc2c(COC(=O)CCc3nc(-c4ccc(Cl)cc4)no3)cc(=O)oc2c1. The lowest BCUT2D eigenvalue weighted by atomic mass is 10.1. The predicted octanol–water partition coefficient (Wildman–Crippen LogP) is 4.74. The summed E-state index contributed by atoms with van der Waals surface area (Å²) in [4.78, 5) is 40.1. The van der Waals surface area contributed by atoms with E-state index < -0.39 is 17.7 Å². The van der Waals surface area contributed by atoms with E-state index in [1.807, 2.05) is 0 Å². The average Bonchev–Trinajstić information content (AvgIpc) is 3.30. The average molecular weight is 498 g/mol. The van der Waals surface area contributed by atoms with E-state index in [0.29, 0.717) is 33.4 Å². The van der Waals surface area contributed by atoms with Crippen molar-refractivity contribution in [3.8, 4) is 11.4 Å². The minimum Gasteiger partial charge on any atom is -0.461 e. The van der Waals surface area contributed by atoms with E-state index in [1.165, 1.54) is 12.1 Å². The number of amides is 1. The molecule has 0 aliphatic heterocycles. The molecule has 10 nitrogen and oxygen atoms in total. The number of rotatable bonds is 8. The van der Waals surface area contributed by atoms with Crippen molar-refractivity contribution >= 4 is 40.3 Å². The Labute approximate surface area is 203 Å². The monoisotopic (exact) mass is 497 g/mol. The number of esters is 1. The second-order valence-corrected chi connectivity index (χ2v) is 7.76. The Bertz CT molecular complexity index is 1410. The van der Waals surface area contributed by atoms with Crippen LogP contribution in [0, 0.1) is 0 Å². The number of ether oxygens (including phenoxy) is 2. The molecule has 35 heavy (non-hydrogen) atoms. The van der Waals surface area contributed by atoms with Crippen molar-refractivity contribution in [2.24, 2.45) is 0 Å². The molecule has 0 bridgehead atoms. The molecule has 11 heteroatoms. The molecular weight excluding hydrogens is 478 g/mol. The first-order chi connectivity index (χ1) is 16.9. The van der Waals surface area contributed by atoms with Gasteiger partial charge < -0.3 is 18.4 Å². The molecule has 0 saturated carbocycles. The minimum atomic E-state index is -0.624. The molecular formula is C24H20ClN3O7. The topological polar surface area (TPSA) is 134 Å². The Morgan fingerprint density at radius 3 is 2.66 bits per heavy atom. The molecule has 0 fully saturated rings. The van der Waals surface area contributed by atoms with Crippen LogP contribution in [0.25, 0.3) is 22.4 Å². The van der Waals surface area contributed by atoms with E-state index in [0.717, 1.165) is 5.56 Å². The third-order valence-electron chi connectivity index (χ3n) is 4.85. The van der Waals surface area contributed by atoms with E-state index in [1.54, 1.807) is 43.3 Å². The Hall–Kier alpha value is -4.18. The van der Waals surface area contributed by atoms with Crippen LogP contribution in [0.5, 0.6) is 0 Å². The lowest BCUT2D eigenvalue weighted by Gasteiger charge is -2.09. The maximum Gasteiger partial charge on any atom is 0.411 e. The fourth-order valence-electron chi connectivity index (χ4n) is 3.22. The van der Waals surface area contributed by atoms with Gasteiger partial charge in [0.1, 0.15) is 12.2 Å². The zero-order valence-corrected chi connectivity index (χ0v) is 19.3. The normalized spacial score (nSPS) is 10.8. The maximum atomic E-state index is 12.3. The van der Waals surface area contributed by atoms with Crippen LogP contribution in [0.1, 0.15) is 24.8 Å². The van der Waals surface area contributed by atoms with Crippen LogP contribution in [0.2, 0.25) is 5.02 Å². The van der Waals surface area contributed by atoms with E-state index in [-0.39, 0.29) is 31.6 Å². The Balaban J connectivity index is 1.36. The van der Waals surface area contributed by atoms with E-state index >= 15 is 0 Å². The third kappa shape index (κ3) is 6.24. The molecule has 2 aromatic heterocycles. The second-order valence-electron chi connectivity index (χ2n) is 7.33. The molecule has 1 amide bonds. The predicted molar refractivity (Wildman–Crippen MR) is 126 cm³/mol. The summed E-state index contributed by atoms with van der Waals surface area (Å²) in [6, 6.07) is 13.0. The summed E-state index contributed by atoms with van der Waals surface area (Å²) < 4.78 is 20.6. The number of nitrogens with one attached hydrogen (secondary N) is 1. The van der Waals surface area contributed by atoms with E-state index in [4.69, 9.17) is 30.0 Å². The molecule has 2 aromatic carbocycles. The number of fused-ring (bicyclic) bond motifs is 1. The summed E-state index contributed by atoms with van der Waals surface area (Å²) >= 11 is 5.88. The number of carbonyl (C=O) groups excluding carboxylic acids is 2. The third-order valence-corrected chi connectivity index (χ3v) is 5.11. The van der Waals surface area contributed by atoms with Gasteiger partial charge in [-0.05, 0) is 43.3 Å². The fraction of sp³-hybridized carbons (Fsp3) is 0.208. The minimum absolute atomic E-state index is 0.00916. The van der Waals surface area contributed by atoms with Crippen molar-refractivity contribution in [2.75, 3.05) is 11.9 Å². The van der Waals surface area contributed by atoms with Gasteiger partial charge in [0, 0.05) is 45.8 Å². The molecule has 0 unspecified atom stereocenters. The van der Waals surface area contributed by atoms with Crippen LogP contribution in [0.15, 0.2) is 62.3 Å². The van der Waals surface area contributed by atoms with E-state index in [9.17, 15) is 14.4 Å². The molecule has 4 aromatic rings. The molecule has 0 atom stereocenters. The van der Waals surface area contributed by atoms with Gasteiger partial charge in [-0.1, -0.05) is 16.8 Å². The highest BCUT2D eigenvalue weighted by molar-refractivity contribution is 6.30. The quantitative estimate of drug-likeness (QED) is 0.270. The molecule has 4 rings (SSSR count). The summed E-state index contributed by atoms with van der Waals surface area (Å²) in [5, 5.41) is 7.60. The van der Waals surface area contributed by atoms with Crippen LogP contribution in [-0.4, -0.2) is 28.8 Å². The van der Waals surface area contributed by atoms with E-state index in [2.05, 4.69) is 15.5 Å². The van der Waals surface area contributed by atoms with Crippen LogP contribution in [0.4, 0.5) is 10.5 Å². The molecule has 180 valence electrons. The van der Waals surface area contributed by atoms with Gasteiger partial charge in [0.25, 0.3) is 0 Å². The molecule has 0 aliphatic carbocycles. The number of carbonyl (C=O) groups is 2. The molecule has 0 aliphatic rings. The number of nitrogens with zero attached hydrogens (tertiary/aromatic N) is 2. The Kier molecular flexibility index (Phi) is 7.41. The zero-order chi connectivity index (χ0) is 24.8. The van der Waals surface area contributed by atoms with Gasteiger partial charge in [-0.3, -0.25) is 10.1 Å². The van der Waals surface area contributed by atoms with Crippen LogP contribution < -0.4 is 10.9 Å². The van der Waals surface area contributed by atoms with Crippen LogP contribution in [-0.2, 0) is 27.3 Å². The van der Waals surface area contributed by atoms with Gasteiger partial charge in [-0.25, -0.2) is 9.59 Å². The number of hydrogen-bond donors (Lipinski definition) is 1. The van der Waals surface area contributed by atoms with Gasteiger partial charge in [-0.15, -0.1) is 0 Å². The number of halogens is 1. The van der Waals surface area contributed by atoms with Crippen molar-refractivity contribution < 1.29 is 28.0 Å². The van der Waals surface area contributed by atoms with Crippen molar-refractivity contribution in [1.29, 1.82) is 0 Å². The standard InChI is InChI=1S/C24H20ClN3O7/c1-2-32-24(31)26-17-7-8-18-15(11-22(30)34-19(18)12-17)13-33-21(29)10-9-20-27-23(28-35-20)14-3-5-16(25)6-4-14/h3-8,11-12H,2,9-10,13H2,1H3,(H,26,31). The highest BCUT2D eigenvalue weighted by Gasteiger charge is 2.14. The molecule has 0 saturated heterocycles. The first-order valence-electron chi connectivity index (χ1n) is 10.7. The van der Waals surface area contributed by atoms with Crippen molar-refractivity contribution in [1.82, 2.24) is 10.1 Å². The second kappa shape index (κ2) is 10.8.